The van der Waals surface area contributed by atoms with Crippen molar-refractivity contribution in [1.82, 2.24) is 0 Å². The van der Waals surface area contributed by atoms with E-state index in [4.69, 9.17) is 4.74 Å². The van der Waals surface area contributed by atoms with E-state index >= 15 is 0 Å². The van der Waals surface area contributed by atoms with E-state index < -0.39 is 0 Å². The quantitative estimate of drug-likeness (QED) is 0.430. The van der Waals surface area contributed by atoms with Gasteiger partial charge in [0, 0.05) is 18.8 Å². The van der Waals surface area contributed by atoms with Gasteiger partial charge in [-0.15, -0.1) is 0 Å². The lowest BCUT2D eigenvalue weighted by atomic mass is 9.56. The number of halogens is 1. The maximum Gasteiger partial charge on any atom is 0.146 e. The molecule has 0 spiro atoms. The maximum atomic E-state index is 11.8. The van der Waals surface area contributed by atoms with Crippen LogP contribution in [0.25, 0.3) is 0 Å². The molecule has 0 heterocycles. The summed E-state index contributed by atoms with van der Waals surface area (Å²) in [7, 11) is 0. The third-order valence-electron chi connectivity index (χ3n) is 3.50. The zero-order valence-corrected chi connectivity index (χ0v) is 13.6. The number of alkyl halides is 1. The van der Waals surface area contributed by atoms with Crippen LogP contribution in [0.4, 0.5) is 0 Å². The van der Waals surface area contributed by atoms with Crippen LogP contribution < -0.4 is 0 Å². The molecule has 2 nitrogen and oxygen atoms in total. The molecule has 0 aromatic carbocycles. The predicted molar refractivity (Wildman–Crippen MR) is 79.0 cm³/mol. The number of carbonyl (C=O) groups excluding carboxylic acids is 1. The molecule has 0 aliphatic heterocycles. The van der Waals surface area contributed by atoms with E-state index in [1.54, 1.807) is 0 Å². The lowest BCUT2D eigenvalue weighted by Crippen LogP contribution is -2.45. The van der Waals surface area contributed by atoms with Gasteiger partial charge in [0.1, 0.15) is 9.89 Å². The van der Waals surface area contributed by atoms with Crippen molar-refractivity contribution in [2.45, 2.75) is 51.6 Å². The summed E-state index contributed by atoms with van der Waals surface area (Å²) in [6.45, 7) is 14.7. The van der Waals surface area contributed by atoms with Crippen LogP contribution in [-0.4, -0.2) is 9.89 Å². The average molecular weight is 350 g/mol. The van der Waals surface area contributed by atoms with Crippen molar-refractivity contribution in [2.75, 3.05) is 0 Å². The maximum absolute atomic E-state index is 11.8. The number of hydrogen-bond donors (Lipinski definition) is 0. The zero-order chi connectivity index (χ0) is 13.4. The largest absolute Gasteiger partial charge is 0.485 e. The molecule has 3 heteroatoms. The van der Waals surface area contributed by atoms with Gasteiger partial charge in [-0.05, 0) is 40.3 Å². The molecular weight excluding hydrogens is 327 g/mol. The highest BCUT2D eigenvalue weighted by Crippen LogP contribution is 2.52. The fourth-order valence-corrected chi connectivity index (χ4v) is 3.82. The second-order valence-electron chi connectivity index (χ2n) is 6.43. The zero-order valence-electron chi connectivity index (χ0n) is 11.5. The molecule has 17 heavy (non-hydrogen) atoms. The van der Waals surface area contributed by atoms with Crippen LogP contribution in [0.15, 0.2) is 12.3 Å². The molecule has 0 bridgehead atoms. The minimum atomic E-state index is -0.0680. The summed E-state index contributed by atoms with van der Waals surface area (Å²) in [6, 6.07) is 0. The monoisotopic (exact) mass is 350 g/mol. The second-order valence-corrected chi connectivity index (χ2v) is 8.18. The molecule has 1 aliphatic rings. The van der Waals surface area contributed by atoms with E-state index in [1.807, 2.05) is 6.92 Å². The lowest BCUT2D eigenvalue weighted by molar-refractivity contribution is -0.131. The van der Waals surface area contributed by atoms with E-state index in [9.17, 15) is 4.79 Å². The molecule has 0 amide bonds. The Hall–Kier alpha value is -0.0600. The van der Waals surface area contributed by atoms with Gasteiger partial charge < -0.3 is 4.74 Å². The van der Waals surface area contributed by atoms with Crippen LogP contribution in [0.2, 0.25) is 0 Å². The predicted octanol–water partition coefficient (Wildman–Crippen LogP) is 4.33. The molecule has 0 radical (unpaired) electrons. The lowest BCUT2D eigenvalue weighted by Gasteiger charge is -2.48. The van der Waals surface area contributed by atoms with Gasteiger partial charge in [0.2, 0.25) is 0 Å². The van der Waals surface area contributed by atoms with Crippen molar-refractivity contribution in [3.63, 3.8) is 0 Å². The Morgan fingerprint density at radius 3 is 2.12 bits per heavy atom. The summed E-state index contributed by atoms with van der Waals surface area (Å²) in [5.74, 6) is 1.41. The Labute approximate surface area is 118 Å². The minimum Gasteiger partial charge on any atom is -0.485 e. The van der Waals surface area contributed by atoms with Crippen molar-refractivity contribution >= 4 is 28.4 Å². The van der Waals surface area contributed by atoms with Crippen LogP contribution in [-0.2, 0) is 9.53 Å². The van der Waals surface area contributed by atoms with Crippen LogP contribution in [0.5, 0.6) is 0 Å². The highest BCUT2D eigenvalue weighted by atomic mass is 127. The van der Waals surface area contributed by atoms with Crippen molar-refractivity contribution in [1.29, 1.82) is 0 Å². The second kappa shape index (κ2) is 4.90. The normalized spacial score (nSPS) is 25.4. The number of allylic oxidation sites excluding steroid dienone is 1. The van der Waals surface area contributed by atoms with Crippen LogP contribution in [0, 0.1) is 16.7 Å². The molecule has 1 saturated carbocycles. The highest BCUT2D eigenvalue weighted by molar-refractivity contribution is 14.1. The van der Waals surface area contributed by atoms with E-state index in [0.717, 1.165) is 5.76 Å². The number of hydrogen-bond acceptors (Lipinski definition) is 2. The van der Waals surface area contributed by atoms with Crippen molar-refractivity contribution in [3.8, 4) is 0 Å². The van der Waals surface area contributed by atoms with Gasteiger partial charge in [-0.25, -0.2) is 0 Å². The van der Waals surface area contributed by atoms with Gasteiger partial charge in [0.25, 0.3) is 0 Å². The first-order chi connectivity index (χ1) is 7.56. The van der Waals surface area contributed by atoms with E-state index in [1.165, 1.54) is 0 Å². The molecule has 0 N–H and O–H groups in total. The minimum absolute atomic E-state index is 0.0680. The van der Waals surface area contributed by atoms with Crippen molar-refractivity contribution in [3.05, 3.63) is 12.3 Å². The van der Waals surface area contributed by atoms with Gasteiger partial charge in [0.05, 0.1) is 5.76 Å². The summed E-state index contributed by atoms with van der Waals surface area (Å²) in [6.07, 6.45) is 1.25. The Bertz CT molecular complexity index is 309. The highest BCUT2D eigenvalue weighted by Gasteiger charge is 2.49. The molecule has 1 atom stereocenters. The molecule has 1 fully saturated rings. The van der Waals surface area contributed by atoms with Crippen LogP contribution in [0.3, 0.4) is 0 Å². The fraction of sp³-hybridized carbons (Fsp3) is 0.786. The molecule has 1 rings (SSSR count). The number of rotatable bonds is 3. The van der Waals surface area contributed by atoms with Gasteiger partial charge in [-0.3, -0.25) is 4.79 Å². The number of ketones is 1. The molecule has 1 aliphatic carbocycles. The first-order valence-corrected chi connectivity index (χ1v) is 7.32. The Morgan fingerprint density at radius 1 is 1.35 bits per heavy atom. The van der Waals surface area contributed by atoms with Gasteiger partial charge in [-0.2, -0.15) is 0 Å². The summed E-state index contributed by atoms with van der Waals surface area (Å²) in [4.78, 5) is 11.8. The Kier molecular flexibility index (Phi) is 4.33. The number of Topliss-reactive ketones (excluding diaryl/α,β-unsaturated/α-hetero) is 1. The van der Waals surface area contributed by atoms with Gasteiger partial charge >= 0.3 is 0 Å². The van der Waals surface area contributed by atoms with Crippen LogP contribution >= 0.6 is 22.6 Å². The Morgan fingerprint density at radius 2 is 1.76 bits per heavy atom. The van der Waals surface area contributed by atoms with E-state index in [2.05, 4.69) is 56.9 Å². The summed E-state index contributed by atoms with van der Waals surface area (Å²) in [5.41, 5.74) is -0.136. The van der Waals surface area contributed by atoms with Crippen molar-refractivity contribution < 1.29 is 9.53 Å². The van der Waals surface area contributed by atoms with Crippen molar-refractivity contribution in [2.24, 2.45) is 16.7 Å². The summed E-state index contributed by atoms with van der Waals surface area (Å²) < 4.78 is 5.89. The molecule has 0 saturated heterocycles. The first kappa shape index (κ1) is 15.0. The topological polar surface area (TPSA) is 26.3 Å². The fourth-order valence-electron chi connectivity index (χ4n) is 3.49. The van der Waals surface area contributed by atoms with Crippen LogP contribution in [0.1, 0.15) is 47.5 Å². The third kappa shape index (κ3) is 3.46. The smallest absolute Gasteiger partial charge is 0.146 e. The molecule has 0 aromatic rings. The standard InChI is InChI=1S/C14H23IO2/c1-9(17-10(2)15)12-13(3,4)7-11(16)8-14(12,5)6/h10,12H,1,7-8H2,2-6H3. The van der Waals surface area contributed by atoms with Gasteiger partial charge in [-0.1, -0.05) is 34.3 Å². The summed E-state index contributed by atoms with van der Waals surface area (Å²) >= 11 is 2.23. The Balaban J connectivity index is 3.00. The third-order valence-corrected chi connectivity index (χ3v) is 3.76. The molecule has 1 unspecified atom stereocenters. The molecule has 98 valence electrons. The number of carbonyl (C=O) groups is 1. The number of ether oxygens (including phenoxy) is 1. The van der Waals surface area contributed by atoms with E-state index in [0.29, 0.717) is 18.6 Å². The van der Waals surface area contributed by atoms with Gasteiger partial charge in [0.15, 0.2) is 0 Å². The SMILES string of the molecule is C=C(OC(C)I)C1C(C)(C)CC(=O)CC1(C)C. The van der Waals surface area contributed by atoms with E-state index in [-0.39, 0.29) is 20.9 Å². The first-order valence-electron chi connectivity index (χ1n) is 6.07. The molecular formula is C14H23IO2. The average Bonchev–Trinajstić information content (AvgIpc) is 1.93. The summed E-state index contributed by atoms with van der Waals surface area (Å²) in [5, 5.41) is 0. The molecule has 0 aromatic heterocycles.